The van der Waals surface area contributed by atoms with Crippen LogP contribution in [0.15, 0.2) is 89.7 Å². The number of benzene rings is 3. The summed E-state index contributed by atoms with van der Waals surface area (Å²) in [6, 6.07) is 26.5. The van der Waals surface area contributed by atoms with E-state index in [1.807, 2.05) is 72.8 Å². The molecule has 0 saturated heterocycles. The number of amides is 1. The van der Waals surface area contributed by atoms with Crippen LogP contribution >= 0.6 is 0 Å². The van der Waals surface area contributed by atoms with Crippen molar-refractivity contribution in [2.24, 2.45) is 0 Å². The molecule has 7 nitrogen and oxygen atoms in total. The number of pyridine rings is 1. The number of rotatable bonds is 10. The van der Waals surface area contributed by atoms with E-state index < -0.39 is 20.5 Å². The van der Waals surface area contributed by atoms with Gasteiger partial charge in [-0.05, 0) is 47.0 Å². The number of alkyl carbamates (subject to hydrolysis) is 1. The topological polar surface area (TPSA) is 89.7 Å². The zero-order chi connectivity index (χ0) is 28.8. The summed E-state index contributed by atoms with van der Waals surface area (Å²) >= 11 is 0. The van der Waals surface area contributed by atoms with Crippen molar-refractivity contribution >= 4 is 25.3 Å². The quantitative estimate of drug-likeness (QED) is 0.203. The van der Waals surface area contributed by atoms with Crippen molar-refractivity contribution in [3.8, 4) is 5.75 Å². The van der Waals surface area contributed by atoms with Gasteiger partial charge < -0.3 is 24.2 Å². The maximum absolute atomic E-state index is 12.7. The van der Waals surface area contributed by atoms with Crippen LogP contribution < -0.4 is 15.6 Å². The summed E-state index contributed by atoms with van der Waals surface area (Å²) in [6.07, 6.45) is -0.991. The smallest absolute Gasteiger partial charge is 0.407 e. The molecule has 0 aliphatic carbocycles. The minimum Gasteiger partial charge on any atom is -0.487 e. The normalized spacial score (nSPS) is 12.6. The summed E-state index contributed by atoms with van der Waals surface area (Å²) in [5, 5.41) is 3.64. The standard InChI is InChI=1S/C32H38N2O5Si/c1-32(2,3)40(4,5)39-28(20-33-31(36)38-22-24-14-10-7-11-15-24)25-16-18-27(30-26(25)17-19-29(35)34-30)37-21-23-12-8-6-9-13-23/h6-19,28H,20-22H2,1-5H3,(H,33,36)(H,34,35). The van der Waals surface area contributed by atoms with Crippen LogP contribution in [-0.4, -0.2) is 25.9 Å². The van der Waals surface area contributed by atoms with E-state index in [1.165, 1.54) is 6.07 Å². The Balaban J connectivity index is 1.62. The maximum atomic E-state index is 12.7. The average molecular weight is 559 g/mol. The van der Waals surface area contributed by atoms with Crippen molar-refractivity contribution in [1.29, 1.82) is 0 Å². The van der Waals surface area contributed by atoms with Gasteiger partial charge >= 0.3 is 6.09 Å². The average Bonchev–Trinajstić information content (AvgIpc) is 2.93. The molecule has 1 atom stereocenters. The monoisotopic (exact) mass is 558 g/mol. The van der Waals surface area contributed by atoms with E-state index in [4.69, 9.17) is 13.9 Å². The first kappa shape index (κ1) is 29.1. The second-order valence-corrected chi connectivity index (χ2v) is 16.1. The molecular formula is C32H38N2O5Si. The van der Waals surface area contributed by atoms with Crippen LogP contribution in [0.3, 0.4) is 0 Å². The number of fused-ring (bicyclic) bond motifs is 1. The van der Waals surface area contributed by atoms with Gasteiger partial charge in [-0.3, -0.25) is 4.79 Å². The predicted octanol–water partition coefficient (Wildman–Crippen LogP) is 7.10. The van der Waals surface area contributed by atoms with E-state index in [0.717, 1.165) is 22.1 Å². The first-order valence-electron chi connectivity index (χ1n) is 13.5. The van der Waals surface area contributed by atoms with E-state index in [1.54, 1.807) is 6.07 Å². The lowest BCUT2D eigenvalue weighted by Gasteiger charge is -2.39. The van der Waals surface area contributed by atoms with Gasteiger partial charge in [-0.15, -0.1) is 0 Å². The number of carbonyl (C=O) groups is 1. The molecule has 0 saturated carbocycles. The minimum atomic E-state index is -2.26. The largest absolute Gasteiger partial charge is 0.487 e. The number of H-pyrrole nitrogens is 1. The summed E-state index contributed by atoms with van der Waals surface area (Å²) in [5.41, 5.74) is 3.16. The molecule has 3 aromatic carbocycles. The fraction of sp³-hybridized carbons (Fsp3) is 0.312. The lowest BCUT2D eigenvalue weighted by Crippen LogP contribution is -2.44. The van der Waals surface area contributed by atoms with Crippen LogP contribution in [0, 0.1) is 0 Å². The second-order valence-electron chi connectivity index (χ2n) is 11.3. The zero-order valence-corrected chi connectivity index (χ0v) is 24.8. The molecule has 8 heteroatoms. The zero-order valence-electron chi connectivity index (χ0n) is 23.8. The fourth-order valence-electron chi connectivity index (χ4n) is 4.08. The SMILES string of the molecule is CC(C)(C)[Si](C)(C)OC(CNC(=O)OCc1ccccc1)c1ccc(OCc2ccccc2)c2[nH]c(=O)ccc12. The summed E-state index contributed by atoms with van der Waals surface area (Å²) in [7, 11) is -2.26. The van der Waals surface area contributed by atoms with Crippen LogP contribution in [0.25, 0.3) is 10.9 Å². The van der Waals surface area contributed by atoms with E-state index in [2.05, 4.69) is 44.2 Å². The van der Waals surface area contributed by atoms with Crippen molar-refractivity contribution in [2.75, 3.05) is 6.54 Å². The number of hydrogen-bond donors (Lipinski definition) is 2. The Labute approximate surface area is 236 Å². The van der Waals surface area contributed by atoms with Crippen LogP contribution in [0.4, 0.5) is 4.79 Å². The molecule has 0 aliphatic heterocycles. The van der Waals surface area contributed by atoms with Crippen LogP contribution in [-0.2, 0) is 22.4 Å². The molecule has 1 heterocycles. The first-order valence-corrected chi connectivity index (χ1v) is 16.4. The van der Waals surface area contributed by atoms with Gasteiger partial charge in [0.05, 0.1) is 18.2 Å². The number of nitrogens with one attached hydrogen (secondary N) is 2. The van der Waals surface area contributed by atoms with Gasteiger partial charge in [-0.2, -0.15) is 0 Å². The molecule has 1 amide bonds. The molecule has 1 unspecified atom stereocenters. The van der Waals surface area contributed by atoms with Crippen LogP contribution in [0.5, 0.6) is 5.75 Å². The van der Waals surface area contributed by atoms with Crippen LogP contribution in [0.2, 0.25) is 18.1 Å². The molecule has 40 heavy (non-hydrogen) atoms. The van der Waals surface area contributed by atoms with Gasteiger partial charge in [0.15, 0.2) is 8.32 Å². The molecule has 0 spiro atoms. The van der Waals surface area contributed by atoms with Gasteiger partial charge in [0.2, 0.25) is 5.56 Å². The molecule has 1 aromatic heterocycles. The van der Waals surface area contributed by atoms with E-state index in [0.29, 0.717) is 17.9 Å². The highest BCUT2D eigenvalue weighted by Crippen LogP contribution is 2.41. The fourth-order valence-corrected chi connectivity index (χ4v) is 5.36. The van der Waals surface area contributed by atoms with Crippen molar-refractivity contribution in [3.05, 3.63) is 112 Å². The van der Waals surface area contributed by atoms with Crippen molar-refractivity contribution in [3.63, 3.8) is 0 Å². The number of hydrogen-bond acceptors (Lipinski definition) is 5. The molecule has 0 radical (unpaired) electrons. The Kier molecular flexibility index (Phi) is 9.12. The lowest BCUT2D eigenvalue weighted by atomic mass is 10.0. The highest BCUT2D eigenvalue weighted by atomic mass is 28.4. The summed E-state index contributed by atoms with van der Waals surface area (Å²) < 4.78 is 18.4. The third kappa shape index (κ3) is 7.40. The molecule has 0 fully saturated rings. The van der Waals surface area contributed by atoms with Crippen molar-refractivity contribution in [1.82, 2.24) is 10.3 Å². The number of aromatic amines is 1. The third-order valence-electron chi connectivity index (χ3n) is 7.36. The maximum Gasteiger partial charge on any atom is 0.407 e. The highest BCUT2D eigenvalue weighted by molar-refractivity contribution is 6.74. The number of ether oxygens (including phenoxy) is 2. The van der Waals surface area contributed by atoms with Gasteiger partial charge in [-0.25, -0.2) is 4.79 Å². The number of aromatic nitrogens is 1. The summed E-state index contributed by atoms with van der Waals surface area (Å²) in [4.78, 5) is 27.9. The predicted molar refractivity (Wildman–Crippen MR) is 161 cm³/mol. The Bertz CT molecular complexity index is 1480. The van der Waals surface area contributed by atoms with Crippen molar-refractivity contribution < 1.29 is 18.7 Å². The van der Waals surface area contributed by atoms with Crippen LogP contribution in [0.1, 0.15) is 43.6 Å². The molecule has 4 aromatic rings. The first-order chi connectivity index (χ1) is 19.0. The van der Waals surface area contributed by atoms with Crippen molar-refractivity contribution in [2.45, 2.75) is 58.2 Å². The van der Waals surface area contributed by atoms with E-state index >= 15 is 0 Å². The molecule has 2 N–H and O–H groups in total. The Morgan fingerprint density at radius 2 is 1.50 bits per heavy atom. The third-order valence-corrected chi connectivity index (χ3v) is 11.8. The lowest BCUT2D eigenvalue weighted by molar-refractivity contribution is 0.128. The molecule has 0 bridgehead atoms. The Morgan fingerprint density at radius 3 is 2.12 bits per heavy atom. The van der Waals surface area contributed by atoms with Gasteiger partial charge in [0, 0.05) is 11.5 Å². The highest BCUT2D eigenvalue weighted by Gasteiger charge is 2.40. The molecule has 0 aliphatic rings. The summed E-state index contributed by atoms with van der Waals surface area (Å²) in [5.74, 6) is 0.571. The van der Waals surface area contributed by atoms with E-state index in [9.17, 15) is 9.59 Å². The van der Waals surface area contributed by atoms with E-state index in [-0.39, 0.29) is 23.7 Å². The second kappa shape index (κ2) is 12.5. The molecular weight excluding hydrogens is 520 g/mol. The Hall–Kier alpha value is -3.88. The molecule has 210 valence electrons. The number of carbonyl (C=O) groups excluding carboxylic acids is 1. The van der Waals surface area contributed by atoms with Gasteiger partial charge in [0.1, 0.15) is 19.0 Å². The Morgan fingerprint density at radius 1 is 0.875 bits per heavy atom. The van der Waals surface area contributed by atoms with Gasteiger partial charge in [0.25, 0.3) is 0 Å². The molecule has 4 rings (SSSR count). The minimum absolute atomic E-state index is 0.0537. The summed E-state index contributed by atoms with van der Waals surface area (Å²) in [6.45, 7) is 11.6. The van der Waals surface area contributed by atoms with Gasteiger partial charge in [-0.1, -0.05) is 87.5 Å².